The predicted octanol–water partition coefficient (Wildman–Crippen LogP) is 4.32. The van der Waals surface area contributed by atoms with Crippen molar-refractivity contribution in [3.8, 4) is 0 Å². The molecule has 1 N–H and O–H groups in total. The highest BCUT2D eigenvalue weighted by Gasteiger charge is 2.11. The van der Waals surface area contributed by atoms with Crippen LogP contribution in [0, 0.1) is 0 Å². The van der Waals surface area contributed by atoms with Crippen molar-refractivity contribution in [1.82, 2.24) is 10.3 Å². The maximum atomic E-state index is 12.2. The van der Waals surface area contributed by atoms with E-state index in [1.54, 1.807) is 6.21 Å². The number of carbonyl (C=O) groups is 1. The molecule has 1 amide bonds. The Hall–Kier alpha value is -2.72. The van der Waals surface area contributed by atoms with Crippen LogP contribution in [0.5, 0.6) is 0 Å². The molecule has 3 aromatic rings. The zero-order valence-electron chi connectivity index (χ0n) is 15.5. The van der Waals surface area contributed by atoms with Gasteiger partial charge in [0, 0.05) is 18.5 Å². The summed E-state index contributed by atoms with van der Waals surface area (Å²) in [4.78, 5) is 14.5. The highest BCUT2D eigenvalue weighted by atomic mass is 16.2. The molecule has 4 nitrogen and oxygen atoms in total. The summed E-state index contributed by atoms with van der Waals surface area (Å²) in [5.74, 6) is -0.0265. The van der Waals surface area contributed by atoms with Gasteiger partial charge in [-0.25, -0.2) is 5.43 Å². The third-order valence-corrected chi connectivity index (χ3v) is 5.30. The maximum Gasteiger partial charge on any atom is 0.241 e. The molecule has 3 aromatic carbocycles. The Balaban J connectivity index is 1.49. The monoisotopic (exact) mass is 359 g/mol. The fourth-order valence-corrected chi connectivity index (χ4v) is 3.86. The molecule has 0 aromatic heterocycles. The van der Waals surface area contributed by atoms with Gasteiger partial charge >= 0.3 is 0 Å². The molecule has 1 saturated heterocycles. The Bertz CT molecular complexity index is 920. The van der Waals surface area contributed by atoms with E-state index in [0.29, 0.717) is 6.42 Å². The molecule has 0 spiro atoms. The van der Waals surface area contributed by atoms with Crippen molar-refractivity contribution in [1.29, 1.82) is 0 Å². The average molecular weight is 359 g/mol. The van der Waals surface area contributed by atoms with E-state index in [2.05, 4.69) is 45.8 Å². The second-order valence-electron chi connectivity index (χ2n) is 7.18. The maximum absolute atomic E-state index is 12.2. The number of fused-ring (bicyclic) bond motifs is 2. The Labute approximate surface area is 159 Å². The molecule has 0 bridgehead atoms. The number of carbonyl (C=O) groups excluding carboxylic acids is 1. The number of amides is 1. The Kier molecular flexibility index (Phi) is 5.45. The van der Waals surface area contributed by atoms with E-state index in [1.807, 2.05) is 24.3 Å². The molecular weight excluding hydrogens is 334 g/mol. The van der Waals surface area contributed by atoms with Gasteiger partial charge < -0.3 is 4.90 Å². The van der Waals surface area contributed by atoms with Gasteiger partial charge in [-0.1, -0.05) is 55.0 Å². The molecule has 1 aliphatic rings. The standard InChI is InChI=1S/C23H25N3O/c27-23(12-15-26-13-6-1-7-14-26)25-24-17-22-20-10-4-2-8-18(20)16-19-9-3-5-11-21(19)22/h2-5,8-11,16-17H,1,6-7,12-15H2,(H,25,27)/b24-17+. The van der Waals surface area contributed by atoms with Crippen LogP contribution in [0.15, 0.2) is 59.7 Å². The second-order valence-corrected chi connectivity index (χ2v) is 7.18. The highest BCUT2D eigenvalue weighted by Crippen LogP contribution is 2.27. The lowest BCUT2D eigenvalue weighted by Gasteiger charge is -2.25. The summed E-state index contributed by atoms with van der Waals surface area (Å²) in [7, 11) is 0. The minimum atomic E-state index is -0.0265. The number of likely N-dealkylation sites (tertiary alicyclic amines) is 1. The molecule has 0 radical (unpaired) electrons. The second kappa shape index (κ2) is 8.31. The zero-order valence-corrected chi connectivity index (χ0v) is 15.5. The first kappa shape index (κ1) is 17.7. The summed E-state index contributed by atoms with van der Waals surface area (Å²) in [6.45, 7) is 3.04. The lowest BCUT2D eigenvalue weighted by molar-refractivity contribution is -0.121. The first-order valence-corrected chi connectivity index (χ1v) is 9.76. The lowest BCUT2D eigenvalue weighted by atomic mass is 9.97. The Morgan fingerprint density at radius 2 is 1.59 bits per heavy atom. The van der Waals surface area contributed by atoms with E-state index in [9.17, 15) is 4.79 Å². The molecule has 4 heteroatoms. The van der Waals surface area contributed by atoms with Gasteiger partial charge in [0.1, 0.15) is 0 Å². The topological polar surface area (TPSA) is 44.7 Å². The van der Waals surface area contributed by atoms with Crippen molar-refractivity contribution in [3.63, 3.8) is 0 Å². The van der Waals surface area contributed by atoms with Gasteiger partial charge in [-0.2, -0.15) is 5.10 Å². The summed E-state index contributed by atoms with van der Waals surface area (Å²) >= 11 is 0. The molecular formula is C23H25N3O. The summed E-state index contributed by atoms with van der Waals surface area (Å²) < 4.78 is 0. The number of hydrazone groups is 1. The lowest BCUT2D eigenvalue weighted by Crippen LogP contribution is -2.33. The number of piperidine rings is 1. The van der Waals surface area contributed by atoms with Crippen LogP contribution in [-0.2, 0) is 4.79 Å². The van der Waals surface area contributed by atoms with Gasteiger partial charge in [0.25, 0.3) is 0 Å². The number of rotatable bonds is 5. The van der Waals surface area contributed by atoms with Crippen molar-refractivity contribution in [2.75, 3.05) is 19.6 Å². The zero-order chi connectivity index (χ0) is 18.5. The van der Waals surface area contributed by atoms with E-state index in [4.69, 9.17) is 0 Å². The average Bonchev–Trinajstić information content (AvgIpc) is 2.72. The molecule has 138 valence electrons. The van der Waals surface area contributed by atoms with Gasteiger partial charge in [0.15, 0.2) is 0 Å². The SMILES string of the molecule is O=C(CCN1CCCCC1)N/N=C/c1c2ccccc2cc2ccccc12. The number of hydrogen-bond donors (Lipinski definition) is 1. The summed E-state index contributed by atoms with van der Waals surface area (Å²) in [5, 5.41) is 8.90. The summed E-state index contributed by atoms with van der Waals surface area (Å²) in [5.41, 5.74) is 3.75. The normalized spacial score (nSPS) is 15.6. The van der Waals surface area contributed by atoms with Crippen LogP contribution in [0.25, 0.3) is 21.5 Å². The largest absolute Gasteiger partial charge is 0.303 e. The van der Waals surface area contributed by atoms with Gasteiger partial charge in [0.2, 0.25) is 5.91 Å². The van der Waals surface area contributed by atoms with Crippen LogP contribution < -0.4 is 5.43 Å². The molecule has 0 atom stereocenters. The highest BCUT2D eigenvalue weighted by molar-refractivity contribution is 6.13. The molecule has 4 rings (SSSR count). The summed E-state index contributed by atoms with van der Waals surface area (Å²) in [6, 6.07) is 18.8. The van der Waals surface area contributed by atoms with Gasteiger partial charge in [-0.15, -0.1) is 0 Å². The fraction of sp³-hybridized carbons (Fsp3) is 0.304. The fourth-order valence-electron chi connectivity index (χ4n) is 3.86. The van der Waals surface area contributed by atoms with Crippen LogP contribution in [0.4, 0.5) is 0 Å². The van der Waals surface area contributed by atoms with E-state index in [1.165, 1.54) is 30.0 Å². The van der Waals surface area contributed by atoms with Crippen LogP contribution in [0.1, 0.15) is 31.2 Å². The van der Waals surface area contributed by atoms with E-state index < -0.39 is 0 Å². The first-order valence-electron chi connectivity index (χ1n) is 9.76. The molecule has 0 saturated carbocycles. The van der Waals surface area contributed by atoms with Crippen LogP contribution in [-0.4, -0.2) is 36.7 Å². The van der Waals surface area contributed by atoms with Gasteiger partial charge in [-0.3, -0.25) is 4.79 Å². The number of nitrogens with one attached hydrogen (secondary N) is 1. The van der Waals surface area contributed by atoms with E-state index in [-0.39, 0.29) is 5.91 Å². The van der Waals surface area contributed by atoms with Crippen molar-refractivity contribution in [2.45, 2.75) is 25.7 Å². The molecule has 1 heterocycles. The van der Waals surface area contributed by atoms with Crippen molar-refractivity contribution in [2.24, 2.45) is 5.10 Å². The molecule has 1 aliphatic heterocycles. The predicted molar refractivity (Wildman–Crippen MR) is 112 cm³/mol. The van der Waals surface area contributed by atoms with Crippen LogP contribution in [0.3, 0.4) is 0 Å². The molecule has 0 unspecified atom stereocenters. The van der Waals surface area contributed by atoms with Gasteiger partial charge in [-0.05, 0) is 53.5 Å². The van der Waals surface area contributed by atoms with Crippen molar-refractivity contribution < 1.29 is 4.79 Å². The number of benzene rings is 3. The third-order valence-electron chi connectivity index (χ3n) is 5.30. The quantitative estimate of drug-likeness (QED) is 0.419. The number of hydrogen-bond acceptors (Lipinski definition) is 3. The Morgan fingerprint density at radius 3 is 2.26 bits per heavy atom. The minimum absolute atomic E-state index is 0.0265. The summed E-state index contributed by atoms with van der Waals surface area (Å²) in [6.07, 6.45) is 6.07. The van der Waals surface area contributed by atoms with Crippen molar-refractivity contribution >= 4 is 33.7 Å². The Morgan fingerprint density at radius 1 is 0.963 bits per heavy atom. The van der Waals surface area contributed by atoms with E-state index >= 15 is 0 Å². The number of nitrogens with zero attached hydrogens (tertiary/aromatic N) is 2. The molecule has 27 heavy (non-hydrogen) atoms. The third kappa shape index (κ3) is 4.17. The van der Waals surface area contributed by atoms with Crippen LogP contribution >= 0.6 is 0 Å². The molecule has 1 fully saturated rings. The first-order chi connectivity index (χ1) is 13.3. The van der Waals surface area contributed by atoms with E-state index in [0.717, 1.165) is 36.0 Å². The van der Waals surface area contributed by atoms with Crippen LogP contribution in [0.2, 0.25) is 0 Å². The molecule has 0 aliphatic carbocycles. The van der Waals surface area contributed by atoms with Gasteiger partial charge in [0.05, 0.1) is 6.21 Å². The van der Waals surface area contributed by atoms with Crippen molar-refractivity contribution in [3.05, 3.63) is 60.2 Å². The minimum Gasteiger partial charge on any atom is -0.303 e. The smallest absolute Gasteiger partial charge is 0.241 e.